The molecule has 6 rings (SSSR count). The Morgan fingerprint density at radius 1 is 0.812 bits per heavy atom. The first kappa shape index (κ1) is 32.2. The molecular weight excluding hydrogens is 606 g/mol. The van der Waals surface area contributed by atoms with Crippen molar-refractivity contribution in [3.05, 3.63) is 114 Å². The number of carbonyl (C=O) groups is 3. The number of aromatic nitrogens is 2. The minimum Gasteiger partial charge on any atom is -0.481 e. The molecule has 0 saturated heterocycles. The zero-order valence-electron chi connectivity index (χ0n) is 27.0. The molecule has 0 aliphatic carbocycles. The van der Waals surface area contributed by atoms with E-state index < -0.39 is 17.4 Å². The number of anilines is 1. The molecule has 0 bridgehead atoms. The predicted molar refractivity (Wildman–Crippen MR) is 187 cm³/mol. The molecule has 0 unspecified atom stereocenters. The van der Waals surface area contributed by atoms with E-state index >= 15 is 0 Å². The number of hydrogen-bond acceptors (Lipinski definition) is 5. The Bertz CT molecular complexity index is 2140. The van der Waals surface area contributed by atoms with Crippen molar-refractivity contribution in [2.24, 2.45) is 0 Å². The molecule has 0 atom stereocenters. The fourth-order valence-corrected chi connectivity index (χ4v) is 7.07. The zero-order chi connectivity index (χ0) is 33.8. The number of carbonyl (C=O) groups excluding carboxylic acids is 1. The van der Waals surface area contributed by atoms with Crippen LogP contribution in [0.1, 0.15) is 38.1 Å². The number of nitrogens with zero attached hydrogens (tertiary/aromatic N) is 3. The third-order valence-electron chi connectivity index (χ3n) is 9.07. The second-order valence-corrected chi connectivity index (χ2v) is 12.3. The van der Waals surface area contributed by atoms with Crippen LogP contribution < -0.4 is 9.47 Å². The lowest BCUT2D eigenvalue weighted by molar-refractivity contribution is -0.673. The molecule has 0 saturated carbocycles. The van der Waals surface area contributed by atoms with E-state index in [-0.39, 0.29) is 26.0 Å². The van der Waals surface area contributed by atoms with E-state index in [1.807, 2.05) is 69.8 Å². The largest absolute Gasteiger partial charge is 0.481 e. The Balaban J connectivity index is 1.42. The van der Waals surface area contributed by atoms with Crippen molar-refractivity contribution in [2.75, 3.05) is 18.1 Å². The van der Waals surface area contributed by atoms with Gasteiger partial charge in [-0.05, 0) is 39.9 Å². The van der Waals surface area contributed by atoms with Crippen LogP contribution in [-0.4, -0.2) is 46.3 Å². The molecule has 2 heterocycles. The van der Waals surface area contributed by atoms with Gasteiger partial charge in [0.2, 0.25) is 0 Å². The molecule has 9 nitrogen and oxygen atoms in total. The van der Waals surface area contributed by atoms with Crippen molar-refractivity contribution in [3.63, 3.8) is 0 Å². The quantitative estimate of drug-likeness (QED) is 0.0488. The molecule has 0 spiro atoms. The average Bonchev–Trinajstić information content (AvgIpc) is 3.49. The van der Waals surface area contributed by atoms with E-state index in [1.54, 1.807) is 0 Å². The number of hydrogen-bond donors (Lipinski definition) is 2. The number of imidazole rings is 1. The second kappa shape index (κ2) is 13.6. The van der Waals surface area contributed by atoms with Crippen LogP contribution >= 0.6 is 0 Å². The molecule has 48 heavy (non-hydrogen) atoms. The van der Waals surface area contributed by atoms with Gasteiger partial charge in [0.15, 0.2) is 11.0 Å². The highest BCUT2D eigenvalue weighted by molar-refractivity contribution is 6.17. The number of ether oxygens (including phenoxy) is 1. The molecule has 0 fully saturated rings. The molecule has 1 aliphatic rings. The van der Waals surface area contributed by atoms with Crippen LogP contribution in [0.2, 0.25) is 0 Å². The predicted octanol–water partition coefficient (Wildman–Crippen LogP) is 6.61. The summed E-state index contributed by atoms with van der Waals surface area (Å²) in [5.41, 5.74) is 4.60. The summed E-state index contributed by atoms with van der Waals surface area (Å²) in [7, 11) is 0. The Morgan fingerprint density at radius 2 is 1.46 bits per heavy atom. The van der Waals surface area contributed by atoms with Crippen LogP contribution in [0.15, 0.2) is 103 Å². The van der Waals surface area contributed by atoms with Gasteiger partial charge in [-0.3, -0.25) is 14.4 Å². The highest BCUT2D eigenvalue weighted by Gasteiger charge is 2.42. The number of fused-ring (bicyclic) bond motifs is 7. The SMILES string of the molecule is CC1(C)C(=CC=CC=Cc2n(CCOC=O)c3ccccc3[n+]2CCC(=O)O)N(CCC(=O)O)c2c1c1ccccc1c1ccccc21. The summed E-state index contributed by atoms with van der Waals surface area (Å²) in [6.45, 7) is 5.98. The monoisotopic (exact) mass is 644 g/mol. The molecule has 2 N–H and O–H groups in total. The maximum Gasteiger partial charge on any atom is 0.307 e. The first-order valence-electron chi connectivity index (χ1n) is 16.0. The highest BCUT2D eigenvalue weighted by atomic mass is 16.5. The number of para-hydroxylation sites is 2. The van der Waals surface area contributed by atoms with Gasteiger partial charge >= 0.3 is 11.9 Å². The smallest absolute Gasteiger partial charge is 0.307 e. The standard InChI is InChI=1S/C39H37N3O6/c1-39(2)33(42(23-21-36(46)47)38-30-15-9-7-13-28(30)27-12-6-8-14-29(27)37(38)39)18-4-3-5-19-34-40(22-20-35(44)45)31-16-10-11-17-32(31)41(34)24-25-48-26-43/h3-19,26H,20-25H2,1-2H3,(H-,44,45,46,47)/p+1. The van der Waals surface area contributed by atoms with Gasteiger partial charge in [-0.2, -0.15) is 0 Å². The molecule has 1 aliphatic heterocycles. The van der Waals surface area contributed by atoms with Crippen LogP contribution in [0.3, 0.4) is 0 Å². The van der Waals surface area contributed by atoms with Gasteiger partial charge in [0.1, 0.15) is 19.7 Å². The zero-order valence-corrected chi connectivity index (χ0v) is 27.0. The van der Waals surface area contributed by atoms with E-state index in [1.165, 1.54) is 10.9 Å². The van der Waals surface area contributed by atoms with Crippen molar-refractivity contribution in [1.82, 2.24) is 4.57 Å². The lowest BCUT2D eigenvalue weighted by atomic mass is 9.80. The molecule has 244 valence electrons. The van der Waals surface area contributed by atoms with E-state index in [0.29, 0.717) is 19.6 Å². The second-order valence-electron chi connectivity index (χ2n) is 12.3. The lowest BCUT2D eigenvalue weighted by Gasteiger charge is -2.26. The Morgan fingerprint density at radius 3 is 2.17 bits per heavy atom. The van der Waals surface area contributed by atoms with Gasteiger partial charge < -0.3 is 19.8 Å². The lowest BCUT2D eigenvalue weighted by Crippen LogP contribution is -2.37. The van der Waals surface area contributed by atoms with Gasteiger partial charge in [-0.15, -0.1) is 0 Å². The van der Waals surface area contributed by atoms with Crippen molar-refractivity contribution < 1.29 is 33.9 Å². The number of rotatable bonds is 13. The maximum absolute atomic E-state index is 11.8. The van der Waals surface area contributed by atoms with E-state index in [9.17, 15) is 24.6 Å². The number of allylic oxidation sites excluding steroid dienone is 5. The molecule has 4 aromatic carbocycles. The van der Waals surface area contributed by atoms with E-state index in [4.69, 9.17) is 4.74 Å². The summed E-state index contributed by atoms with van der Waals surface area (Å²) in [6, 6.07) is 24.5. The molecule has 9 heteroatoms. The van der Waals surface area contributed by atoms with Gasteiger partial charge in [0.25, 0.3) is 12.3 Å². The minimum absolute atomic E-state index is 0.00760. The topological polar surface area (TPSA) is 113 Å². The van der Waals surface area contributed by atoms with Gasteiger partial charge in [0.05, 0.1) is 18.5 Å². The van der Waals surface area contributed by atoms with Gasteiger partial charge in [-0.1, -0.05) is 92.7 Å². The first-order chi connectivity index (χ1) is 23.2. The van der Waals surface area contributed by atoms with Crippen LogP contribution in [-0.2, 0) is 37.6 Å². The van der Waals surface area contributed by atoms with E-state index in [0.717, 1.165) is 44.4 Å². The van der Waals surface area contributed by atoms with Crippen molar-refractivity contribution in [2.45, 2.75) is 45.2 Å². The van der Waals surface area contributed by atoms with E-state index in [2.05, 4.69) is 61.2 Å². The summed E-state index contributed by atoms with van der Waals surface area (Å²) in [4.78, 5) is 36.3. The summed E-state index contributed by atoms with van der Waals surface area (Å²) in [5, 5.41) is 23.7. The van der Waals surface area contributed by atoms with Crippen molar-refractivity contribution in [3.8, 4) is 0 Å². The van der Waals surface area contributed by atoms with Crippen LogP contribution in [0, 0.1) is 0 Å². The van der Waals surface area contributed by atoms with Crippen LogP contribution in [0.4, 0.5) is 5.69 Å². The third kappa shape index (κ3) is 5.95. The molecule has 1 aromatic heterocycles. The molecule has 0 radical (unpaired) electrons. The summed E-state index contributed by atoms with van der Waals surface area (Å²) >= 11 is 0. The average molecular weight is 645 g/mol. The number of aryl methyl sites for hydroxylation is 1. The normalized spacial score (nSPS) is 15.0. The van der Waals surface area contributed by atoms with Crippen LogP contribution in [0.5, 0.6) is 0 Å². The Labute approximate surface area is 278 Å². The Kier molecular flexibility index (Phi) is 9.12. The fourth-order valence-electron chi connectivity index (χ4n) is 7.07. The molecular formula is C39H38N3O6+. The van der Waals surface area contributed by atoms with Gasteiger partial charge in [0, 0.05) is 29.1 Å². The van der Waals surface area contributed by atoms with Crippen molar-refractivity contribution in [1.29, 1.82) is 0 Å². The van der Waals surface area contributed by atoms with Crippen molar-refractivity contribution >= 4 is 62.8 Å². The van der Waals surface area contributed by atoms with Gasteiger partial charge in [-0.25, -0.2) is 9.13 Å². The molecule has 5 aromatic rings. The highest BCUT2D eigenvalue weighted by Crippen LogP contribution is 2.54. The molecule has 0 amide bonds. The summed E-state index contributed by atoms with van der Waals surface area (Å²) in [5.74, 6) is -0.966. The Hall–Kier alpha value is -5.70. The number of carboxylic acid groups (broad SMARTS) is 2. The van der Waals surface area contributed by atoms with Crippen LogP contribution in [0.25, 0.3) is 38.7 Å². The first-order valence-corrected chi connectivity index (χ1v) is 16.0. The number of carboxylic acids is 2. The summed E-state index contributed by atoms with van der Waals surface area (Å²) < 4.78 is 8.99. The third-order valence-corrected chi connectivity index (χ3v) is 9.07. The number of aliphatic carboxylic acids is 2. The summed E-state index contributed by atoms with van der Waals surface area (Å²) in [6.07, 6.45) is 9.72. The minimum atomic E-state index is -0.891. The fraction of sp³-hybridized carbons (Fsp3) is 0.231. The number of benzene rings is 4. The maximum atomic E-state index is 11.8.